The van der Waals surface area contributed by atoms with Gasteiger partial charge < -0.3 is 14.4 Å². The smallest absolute Gasteiger partial charge is 0.339 e. The van der Waals surface area contributed by atoms with Gasteiger partial charge in [-0.25, -0.2) is 4.79 Å². The second kappa shape index (κ2) is 4.96. The lowest BCUT2D eigenvalue weighted by molar-refractivity contribution is 0.0690. The molecule has 2 aromatic rings. The molecule has 1 aromatic heterocycles. The van der Waals surface area contributed by atoms with Gasteiger partial charge in [0.05, 0.1) is 0 Å². The van der Waals surface area contributed by atoms with E-state index >= 15 is 0 Å². The minimum atomic E-state index is -1.02. The van der Waals surface area contributed by atoms with Crippen molar-refractivity contribution in [1.82, 2.24) is 10.1 Å². The Bertz CT molecular complexity index is 646. The zero-order valence-corrected chi connectivity index (χ0v) is 11.0. The Morgan fingerprint density at radius 2 is 2.30 bits per heavy atom. The van der Waals surface area contributed by atoms with Gasteiger partial charge in [-0.1, -0.05) is 17.3 Å². The molecule has 1 aliphatic rings. The molecule has 0 amide bonds. The van der Waals surface area contributed by atoms with Crippen molar-refractivity contribution in [2.75, 3.05) is 0 Å². The van der Waals surface area contributed by atoms with Crippen LogP contribution in [0.3, 0.4) is 0 Å². The van der Waals surface area contributed by atoms with Crippen molar-refractivity contribution >= 4 is 5.97 Å². The number of carbonyl (C=O) groups is 1. The molecule has 0 spiro atoms. The molecule has 0 unspecified atom stereocenters. The SMILES string of the molecule is Cc1cccc(C(=O)O)c1OCc1nc(C2CC2)no1. The summed E-state index contributed by atoms with van der Waals surface area (Å²) in [6.45, 7) is 1.87. The highest BCUT2D eigenvalue weighted by Gasteiger charge is 2.28. The molecule has 6 heteroatoms. The molecule has 1 N–H and O–H groups in total. The van der Waals surface area contributed by atoms with Crippen molar-refractivity contribution in [3.05, 3.63) is 41.0 Å². The molecule has 0 saturated heterocycles. The van der Waals surface area contributed by atoms with E-state index in [-0.39, 0.29) is 12.2 Å². The molecular weight excluding hydrogens is 260 g/mol. The molecule has 6 nitrogen and oxygen atoms in total. The van der Waals surface area contributed by atoms with Gasteiger partial charge >= 0.3 is 5.97 Å². The number of carboxylic acid groups (broad SMARTS) is 1. The number of benzene rings is 1. The van der Waals surface area contributed by atoms with Gasteiger partial charge in [0.1, 0.15) is 11.3 Å². The Balaban J connectivity index is 1.75. The summed E-state index contributed by atoms with van der Waals surface area (Å²) in [7, 11) is 0. The van der Waals surface area contributed by atoms with Crippen LogP contribution in [0.25, 0.3) is 0 Å². The quantitative estimate of drug-likeness (QED) is 0.901. The first kappa shape index (κ1) is 12.7. The van der Waals surface area contributed by atoms with Crippen molar-refractivity contribution in [2.45, 2.75) is 32.3 Å². The fourth-order valence-electron chi connectivity index (χ4n) is 1.98. The van der Waals surface area contributed by atoms with Crippen molar-refractivity contribution in [3.8, 4) is 5.75 Å². The predicted molar refractivity (Wildman–Crippen MR) is 68.7 cm³/mol. The Kier molecular flexibility index (Phi) is 3.14. The van der Waals surface area contributed by atoms with Gasteiger partial charge in [0.15, 0.2) is 12.4 Å². The second-order valence-electron chi connectivity index (χ2n) is 4.87. The van der Waals surface area contributed by atoms with E-state index in [1.165, 1.54) is 6.07 Å². The highest BCUT2D eigenvalue weighted by atomic mass is 16.5. The van der Waals surface area contributed by atoms with E-state index < -0.39 is 5.97 Å². The van der Waals surface area contributed by atoms with Crippen LogP contribution in [0.2, 0.25) is 0 Å². The number of nitrogens with zero attached hydrogens (tertiary/aromatic N) is 2. The van der Waals surface area contributed by atoms with Gasteiger partial charge in [-0.3, -0.25) is 0 Å². The topological polar surface area (TPSA) is 85.5 Å². The van der Waals surface area contributed by atoms with Gasteiger partial charge in [0.25, 0.3) is 5.89 Å². The number of aromatic carboxylic acids is 1. The Labute approximate surface area is 115 Å². The minimum Gasteiger partial charge on any atom is -0.483 e. The van der Waals surface area contributed by atoms with Crippen molar-refractivity contribution in [1.29, 1.82) is 0 Å². The molecule has 0 atom stereocenters. The number of rotatable bonds is 5. The molecule has 0 bridgehead atoms. The second-order valence-corrected chi connectivity index (χ2v) is 4.87. The van der Waals surface area contributed by atoms with Crippen LogP contribution in [-0.2, 0) is 6.61 Å². The van der Waals surface area contributed by atoms with E-state index in [2.05, 4.69) is 10.1 Å². The monoisotopic (exact) mass is 274 g/mol. The van der Waals surface area contributed by atoms with Crippen molar-refractivity contribution in [2.24, 2.45) is 0 Å². The summed E-state index contributed by atoms with van der Waals surface area (Å²) in [5.41, 5.74) is 0.888. The first-order chi connectivity index (χ1) is 9.65. The van der Waals surface area contributed by atoms with Crippen LogP contribution < -0.4 is 4.74 Å². The summed E-state index contributed by atoms with van der Waals surface area (Å²) in [4.78, 5) is 15.4. The van der Waals surface area contributed by atoms with Crippen molar-refractivity contribution in [3.63, 3.8) is 0 Å². The number of carboxylic acids is 1. The number of aromatic nitrogens is 2. The van der Waals surface area contributed by atoms with Crippen LogP contribution in [0.15, 0.2) is 22.7 Å². The molecule has 1 aliphatic carbocycles. The average Bonchev–Trinajstić information content (AvgIpc) is 3.16. The van der Waals surface area contributed by atoms with Gasteiger partial charge in [-0.15, -0.1) is 0 Å². The third-order valence-corrected chi connectivity index (χ3v) is 3.21. The summed E-state index contributed by atoms with van der Waals surface area (Å²) in [6, 6.07) is 4.99. The molecule has 1 saturated carbocycles. The van der Waals surface area contributed by atoms with Crippen LogP contribution in [0.5, 0.6) is 5.75 Å². The largest absolute Gasteiger partial charge is 0.483 e. The standard InChI is InChI=1S/C14H14N2O4/c1-8-3-2-4-10(14(17)18)12(8)19-7-11-15-13(16-20-11)9-5-6-9/h2-4,9H,5-7H2,1H3,(H,17,18). The van der Waals surface area contributed by atoms with E-state index in [4.69, 9.17) is 14.4 Å². The predicted octanol–water partition coefficient (Wildman–Crippen LogP) is 2.53. The van der Waals surface area contributed by atoms with Crippen LogP contribution in [-0.4, -0.2) is 21.2 Å². The van der Waals surface area contributed by atoms with Gasteiger partial charge in [-0.05, 0) is 31.4 Å². The third-order valence-electron chi connectivity index (χ3n) is 3.21. The van der Waals surface area contributed by atoms with Gasteiger partial charge in [0.2, 0.25) is 0 Å². The Morgan fingerprint density at radius 1 is 1.50 bits per heavy atom. The lowest BCUT2D eigenvalue weighted by Gasteiger charge is -2.09. The average molecular weight is 274 g/mol. The Hall–Kier alpha value is -2.37. The summed E-state index contributed by atoms with van der Waals surface area (Å²) < 4.78 is 10.6. The molecule has 20 heavy (non-hydrogen) atoms. The summed E-state index contributed by atoms with van der Waals surface area (Å²) in [6.07, 6.45) is 2.20. The molecule has 1 aromatic carbocycles. The molecule has 0 radical (unpaired) electrons. The third kappa shape index (κ3) is 2.49. The number of hydrogen-bond donors (Lipinski definition) is 1. The Morgan fingerprint density at radius 3 is 3.00 bits per heavy atom. The highest BCUT2D eigenvalue weighted by Crippen LogP contribution is 2.38. The number of para-hydroxylation sites is 1. The van der Waals surface area contributed by atoms with Crippen LogP contribution in [0.1, 0.15) is 46.4 Å². The fraction of sp³-hybridized carbons (Fsp3) is 0.357. The maximum absolute atomic E-state index is 11.2. The summed E-state index contributed by atoms with van der Waals surface area (Å²) in [5, 5.41) is 13.0. The first-order valence-corrected chi connectivity index (χ1v) is 6.43. The van der Waals surface area contributed by atoms with E-state index in [0.29, 0.717) is 23.4 Å². The van der Waals surface area contributed by atoms with Gasteiger partial charge in [0, 0.05) is 5.92 Å². The summed E-state index contributed by atoms with van der Waals surface area (Å²) in [5.74, 6) is 0.818. The number of hydrogen-bond acceptors (Lipinski definition) is 5. The van der Waals surface area contributed by atoms with Crippen LogP contribution >= 0.6 is 0 Å². The first-order valence-electron chi connectivity index (χ1n) is 6.43. The zero-order chi connectivity index (χ0) is 14.1. The molecule has 1 heterocycles. The highest BCUT2D eigenvalue weighted by molar-refractivity contribution is 5.91. The molecule has 0 aliphatic heterocycles. The maximum atomic E-state index is 11.2. The maximum Gasteiger partial charge on any atom is 0.339 e. The number of ether oxygens (including phenoxy) is 1. The van der Waals surface area contributed by atoms with E-state index in [1.807, 2.05) is 0 Å². The normalized spacial score (nSPS) is 14.2. The molecular formula is C14H14N2O4. The summed E-state index contributed by atoms with van der Waals surface area (Å²) >= 11 is 0. The van der Waals surface area contributed by atoms with Crippen molar-refractivity contribution < 1.29 is 19.2 Å². The van der Waals surface area contributed by atoms with E-state index in [0.717, 1.165) is 18.4 Å². The van der Waals surface area contributed by atoms with Crippen LogP contribution in [0, 0.1) is 6.92 Å². The molecule has 3 rings (SSSR count). The van der Waals surface area contributed by atoms with E-state index in [9.17, 15) is 4.79 Å². The molecule has 104 valence electrons. The lowest BCUT2D eigenvalue weighted by atomic mass is 10.1. The lowest BCUT2D eigenvalue weighted by Crippen LogP contribution is -2.05. The molecule has 1 fully saturated rings. The fourth-order valence-corrected chi connectivity index (χ4v) is 1.98. The zero-order valence-electron chi connectivity index (χ0n) is 11.0. The minimum absolute atomic E-state index is 0.0743. The van der Waals surface area contributed by atoms with Crippen LogP contribution in [0.4, 0.5) is 0 Å². The number of aryl methyl sites for hydroxylation is 1. The van der Waals surface area contributed by atoms with Gasteiger partial charge in [-0.2, -0.15) is 4.98 Å². The van der Waals surface area contributed by atoms with E-state index in [1.54, 1.807) is 19.1 Å².